The highest BCUT2D eigenvalue weighted by Gasteiger charge is 2.17. The summed E-state index contributed by atoms with van der Waals surface area (Å²) < 4.78 is 15.6. The van der Waals surface area contributed by atoms with Crippen LogP contribution in [-0.4, -0.2) is 10.9 Å². The molecule has 3 rings (SSSR count). The largest absolute Gasteiger partial charge is 0.365 e. The number of hydrogen-bond donors (Lipinski definition) is 2. The van der Waals surface area contributed by atoms with E-state index in [-0.39, 0.29) is 5.82 Å². The van der Waals surface area contributed by atoms with Crippen LogP contribution in [0.3, 0.4) is 0 Å². The van der Waals surface area contributed by atoms with E-state index in [0.29, 0.717) is 16.3 Å². The van der Waals surface area contributed by atoms with Crippen LogP contribution < -0.4 is 11.1 Å². The van der Waals surface area contributed by atoms with Gasteiger partial charge in [0.15, 0.2) is 0 Å². The Labute approximate surface area is 137 Å². The smallest absolute Gasteiger partial charge is 0.260 e. The summed E-state index contributed by atoms with van der Waals surface area (Å²) in [6.45, 7) is 0. The van der Waals surface area contributed by atoms with Crippen LogP contribution in [0.4, 0.5) is 15.8 Å². The van der Waals surface area contributed by atoms with Crippen molar-refractivity contribution in [2.45, 2.75) is 0 Å². The molecule has 0 aliphatic heterocycles. The number of pyridine rings is 1. The Kier molecular flexibility index (Phi) is 3.77. The van der Waals surface area contributed by atoms with Crippen molar-refractivity contribution in [3.63, 3.8) is 0 Å². The lowest BCUT2D eigenvalue weighted by Gasteiger charge is -2.08. The van der Waals surface area contributed by atoms with E-state index in [2.05, 4.69) is 10.3 Å². The topological polar surface area (TPSA) is 68.0 Å². The number of hydrogen-bond acceptors (Lipinski definition) is 4. The summed E-state index contributed by atoms with van der Waals surface area (Å²) in [5, 5.41) is 3.71. The third-order valence-electron chi connectivity index (χ3n) is 2.90. The number of nitrogens with two attached hydrogens (primary N) is 1. The fraction of sp³-hybridized carbons (Fsp3) is 0. The van der Waals surface area contributed by atoms with Crippen LogP contribution in [0.25, 0.3) is 10.1 Å². The second kappa shape index (κ2) is 5.57. The number of nitrogens with one attached hydrogen (secondary N) is 1. The minimum absolute atomic E-state index is 0.293. The highest BCUT2D eigenvalue weighted by molar-refractivity contribution is 14.1. The first-order chi connectivity index (χ1) is 10.1. The van der Waals surface area contributed by atoms with Gasteiger partial charge in [-0.2, -0.15) is 0 Å². The second-order valence-electron chi connectivity index (χ2n) is 4.29. The van der Waals surface area contributed by atoms with Gasteiger partial charge in [0.05, 0.1) is 11.4 Å². The number of fused-ring (bicyclic) bond motifs is 1. The second-order valence-corrected chi connectivity index (χ2v) is 6.59. The lowest BCUT2D eigenvalue weighted by Crippen LogP contribution is -2.11. The van der Waals surface area contributed by atoms with Gasteiger partial charge in [-0.3, -0.25) is 9.78 Å². The number of carbonyl (C=O) groups is 1. The molecule has 4 nitrogen and oxygen atoms in total. The van der Waals surface area contributed by atoms with E-state index in [9.17, 15) is 9.18 Å². The van der Waals surface area contributed by atoms with Crippen molar-refractivity contribution in [3.8, 4) is 0 Å². The third kappa shape index (κ3) is 2.70. The van der Waals surface area contributed by atoms with Crippen LogP contribution >= 0.6 is 33.9 Å². The summed E-state index contributed by atoms with van der Waals surface area (Å²) >= 11 is 3.29. The molecule has 1 amide bonds. The van der Waals surface area contributed by atoms with Gasteiger partial charge in [0.1, 0.15) is 10.7 Å². The number of primary amides is 1. The molecule has 21 heavy (non-hydrogen) atoms. The number of halogens is 2. The molecule has 0 aliphatic carbocycles. The summed E-state index contributed by atoms with van der Waals surface area (Å²) in [6, 6.07) is 6.62. The van der Waals surface area contributed by atoms with E-state index in [0.717, 1.165) is 13.7 Å². The van der Waals surface area contributed by atoms with E-state index < -0.39 is 5.91 Å². The molecule has 0 saturated heterocycles. The van der Waals surface area contributed by atoms with Gasteiger partial charge in [0, 0.05) is 26.1 Å². The summed E-state index contributed by atoms with van der Waals surface area (Å²) in [5.41, 5.74) is 6.20. The lowest BCUT2D eigenvalue weighted by molar-refractivity contribution is 0.100. The minimum Gasteiger partial charge on any atom is -0.365 e. The zero-order valence-corrected chi connectivity index (χ0v) is 13.5. The summed E-state index contributed by atoms with van der Waals surface area (Å²) in [7, 11) is 0. The predicted molar refractivity (Wildman–Crippen MR) is 90.5 cm³/mol. The van der Waals surface area contributed by atoms with Crippen LogP contribution in [0.5, 0.6) is 0 Å². The fourth-order valence-electron chi connectivity index (χ4n) is 1.96. The Hall–Kier alpha value is -1.74. The number of nitrogens with zero attached hydrogens (tertiary/aromatic N) is 1. The van der Waals surface area contributed by atoms with E-state index in [1.165, 1.54) is 17.4 Å². The molecule has 0 unspecified atom stereocenters. The van der Waals surface area contributed by atoms with Gasteiger partial charge in [-0.05, 0) is 46.9 Å². The Morgan fingerprint density at radius 1 is 1.38 bits per heavy atom. The zero-order valence-electron chi connectivity index (χ0n) is 10.6. The molecule has 0 radical (unpaired) electrons. The Bertz CT molecular complexity index is 849. The van der Waals surface area contributed by atoms with Crippen molar-refractivity contribution >= 4 is 61.3 Å². The van der Waals surface area contributed by atoms with Crippen LogP contribution in [0.15, 0.2) is 36.7 Å². The number of anilines is 2. The van der Waals surface area contributed by atoms with Gasteiger partial charge < -0.3 is 11.1 Å². The molecule has 0 bridgehead atoms. The predicted octanol–water partition coefficient (Wildman–Crippen LogP) is 3.88. The van der Waals surface area contributed by atoms with Crippen molar-refractivity contribution < 1.29 is 9.18 Å². The monoisotopic (exact) mass is 413 g/mol. The molecule has 1 aromatic carbocycles. The minimum atomic E-state index is -0.551. The molecule has 106 valence electrons. The SMILES string of the molecule is NC(=O)c1sc2ccncc2c1Nc1ccc(I)cc1F. The molecule has 0 atom stereocenters. The lowest BCUT2D eigenvalue weighted by atomic mass is 10.2. The maximum atomic E-state index is 14.0. The molecule has 2 aromatic heterocycles. The average Bonchev–Trinajstić information content (AvgIpc) is 2.81. The molecule has 3 aromatic rings. The molecule has 0 spiro atoms. The van der Waals surface area contributed by atoms with Gasteiger partial charge in [-0.25, -0.2) is 4.39 Å². The standard InChI is InChI=1S/C14H9FIN3OS/c15-9-5-7(16)1-2-10(9)19-12-8-6-18-4-3-11(8)21-13(12)14(17)20/h1-6,19H,(H2,17,20). The number of rotatable bonds is 3. The third-order valence-corrected chi connectivity index (χ3v) is 4.76. The normalized spacial score (nSPS) is 10.8. The maximum Gasteiger partial charge on any atom is 0.260 e. The quantitative estimate of drug-likeness (QED) is 0.641. The first kappa shape index (κ1) is 14.2. The van der Waals surface area contributed by atoms with Crippen molar-refractivity contribution in [1.29, 1.82) is 0 Å². The number of aromatic nitrogens is 1. The molecule has 0 fully saturated rings. The first-order valence-corrected chi connectivity index (χ1v) is 7.84. The van der Waals surface area contributed by atoms with E-state index in [4.69, 9.17) is 5.73 Å². The zero-order chi connectivity index (χ0) is 15.0. The summed E-state index contributed by atoms with van der Waals surface area (Å²) in [5.74, 6) is -0.940. The van der Waals surface area contributed by atoms with Gasteiger partial charge in [0.2, 0.25) is 0 Å². The Balaban J connectivity index is 2.14. The summed E-state index contributed by atoms with van der Waals surface area (Å²) in [4.78, 5) is 16.0. The molecule has 2 heterocycles. The van der Waals surface area contributed by atoms with Gasteiger partial charge in [-0.1, -0.05) is 0 Å². The molecule has 7 heteroatoms. The van der Waals surface area contributed by atoms with Crippen molar-refractivity contribution in [3.05, 3.63) is 50.9 Å². The molecule has 3 N–H and O–H groups in total. The average molecular weight is 413 g/mol. The van der Waals surface area contributed by atoms with Crippen molar-refractivity contribution in [2.75, 3.05) is 5.32 Å². The Morgan fingerprint density at radius 2 is 2.19 bits per heavy atom. The fourth-order valence-corrected chi connectivity index (χ4v) is 3.40. The molecular formula is C14H9FIN3OS. The van der Waals surface area contributed by atoms with E-state index >= 15 is 0 Å². The summed E-state index contributed by atoms with van der Waals surface area (Å²) in [6.07, 6.45) is 3.27. The van der Waals surface area contributed by atoms with Crippen LogP contribution in [0.1, 0.15) is 9.67 Å². The number of carbonyl (C=O) groups excluding carboxylic acids is 1. The van der Waals surface area contributed by atoms with Gasteiger partial charge >= 0.3 is 0 Å². The van der Waals surface area contributed by atoms with E-state index in [1.807, 2.05) is 22.6 Å². The molecular weight excluding hydrogens is 404 g/mol. The van der Waals surface area contributed by atoms with Crippen molar-refractivity contribution in [1.82, 2.24) is 4.98 Å². The maximum absolute atomic E-state index is 14.0. The highest BCUT2D eigenvalue weighted by Crippen LogP contribution is 2.37. The van der Waals surface area contributed by atoms with E-state index in [1.54, 1.807) is 30.6 Å². The molecule has 0 aliphatic rings. The number of benzene rings is 1. The van der Waals surface area contributed by atoms with Gasteiger partial charge in [0.25, 0.3) is 5.91 Å². The van der Waals surface area contributed by atoms with Crippen LogP contribution in [0, 0.1) is 9.39 Å². The number of thiophene rings is 1. The Morgan fingerprint density at radius 3 is 2.90 bits per heavy atom. The van der Waals surface area contributed by atoms with Gasteiger partial charge in [-0.15, -0.1) is 11.3 Å². The van der Waals surface area contributed by atoms with Crippen LogP contribution in [0.2, 0.25) is 0 Å². The van der Waals surface area contributed by atoms with Crippen molar-refractivity contribution in [2.24, 2.45) is 5.73 Å². The highest BCUT2D eigenvalue weighted by atomic mass is 127. The number of amides is 1. The van der Waals surface area contributed by atoms with Crippen LogP contribution in [-0.2, 0) is 0 Å². The first-order valence-electron chi connectivity index (χ1n) is 5.94. The molecule has 0 saturated carbocycles.